The van der Waals surface area contributed by atoms with E-state index >= 15 is 0 Å². The lowest BCUT2D eigenvalue weighted by molar-refractivity contribution is 0.138. The SMILES string of the molecule is OC(CCN1CCNCC1)c1cccc2ccccc12. The molecular weight excluding hydrogens is 248 g/mol. The number of fused-ring (bicyclic) bond motifs is 1. The number of hydrogen-bond donors (Lipinski definition) is 2. The minimum absolute atomic E-state index is 0.379. The zero-order chi connectivity index (χ0) is 13.8. The van der Waals surface area contributed by atoms with Crippen molar-refractivity contribution < 1.29 is 5.11 Å². The van der Waals surface area contributed by atoms with Crippen LogP contribution in [0.4, 0.5) is 0 Å². The van der Waals surface area contributed by atoms with Crippen molar-refractivity contribution in [1.29, 1.82) is 0 Å². The third-order valence-corrected chi connectivity index (χ3v) is 4.11. The van der Waals surface area contributed by atoms with Crippen molar-refractivity contribution >= 4 is 10.8 Å². The Morgan fingerprint density at radius 1 is 1.05 bits per heavy atom. The number of aliphatic hydroxyl groups is 1. The van der Waals surface area contributed by atoms with Crippen molar-refractivity contribution in [3.63, 3.8) is 0 Å². The highest BCUT2D eigenvalue weighted by atomic mass is 16.3. The number of nitrogens with zero attached hydrogens (tertiary/aromatic N) is 1. The minimum Gasteiger partial charge on any atom is -0.388 e. The first kappa shape index (κ1) is 13.6. The predicted molar refractivity (Wildman–Crippen MR) is 82.8 cm³/mol. The lowest BCUT2D eigenvalue weighted by Crippen LogP contribution is -2.44. The summed E-state index contributed by atoms with van der Waals surface area (Å²) in [6.45, 7) is 5.26. The number of piperazine rings is 1. The molecular formula is C17H22N2O. The molecule has 0 spiro atoms. The molecule has 2 aromatic rings. The van der Waals surface area contributed by atoms with Gasteiger partial charge in [0, 0.05) is 32.7 Å². The normalized spacial score (nSPS) is 18.2. The van der Waals surface area contributed by atoms with Crippen LogP contribution >= 0.6 is 0 Å². The molecule has 0 aliphatic carbocycles. The second kappa shape index (κ2) is 6.35. The Labute approximate surface area is 120 Å². The molecule has 1 aliphatic heterocycles. The summed E-state index contributed by atoms with van der Waals surface area (Å²) < 4.78 is 0. The van der Waals surface area contributed by atoms with Gasteiger partial charge in [-0.1, -0.05) is 42.5 Å². The summed E-state index contributed by atoms with van der Waals surface area (Å²) >= 11 is 0. The maximum absolute atomic E-state index is 10.5. The molecule has 1 fully saturated rings. The lowest BCUT2D eigenvalue weighted by Gasteiger charge is -2.28. The monoisotopic (exact) mass is 270 g/mol. The Morgan fingerprint density at radius 3 is 2.65 bits per heavy atom. The zero-order valence-corrected chi connectivity index (χ0v) is 11.8. The van der Waals surface area contributed by atoms with Gasteiger partial charge in [0.2, 0.25) is 0 Å². The van der Waals surface area contributed by atoms with Gasteiger partial charge in [0.1, 0.15) is 0 Å². The third-order valence-electron chi connectivity index (χ3n) is 4.11. The Hall–Kier alpha value is -1.42. The lowest BCUT2D eigenvalue weighted by atomic mass is 9.98. The van der Waals surface area contributed by atoms with E-state index in [9.17, 15) is 5.11 Å². The highest BCUT2D eigenvalue weighted by molar-refractivity contribution is 5.85. The fourth-order valence-corrected chi connectivity index (χ4v) is 2.94. The highest BCUT2D eigenvalue weighted by Gasteiger charge is 2.14. The molecule has 1 saturated heterocycles. The molecule has 3 nitrogen and oxygen atoms in total. The third kappa shape index (κ3) is 3.01. The number of nitrogens with one attached hydrogen (secondary N) is 1. The van der Waals surface area contributed by atoms with E-state index in [4.69, 9.17) is 0 Å². The van der Waals surface area contributed by atoms with Gasteiger partial charge in [0.25, 0.3) is 0 Å². The van der Waals surface area contributed by atoms with Crippen LogP contribution < -0.4 is 5.32 Å². The summed E-state index contributed by atoms with van der Waals surface area (Å²) in [4.78, 5) is 2.42. The summed E-state index contributed by atoms with van der Waals surface area (Å²) in [5.74, 6) is 0. The Balaban J connectivity index is 1.70. The maximum Gasteiger partial charge on any atom is 0.0808 e. The fraction of sp³-hybridized carbons (Fsp3) is 0.412. The molecule has 1 heterocycles. The van der Waals surface area contributed by atoms with Gasteiger partial charge in [-0.15, -0.1) is 0 Å². The van der Waals surface area contributed by atoms with E-state index in [1.165, 1.54) is 10.8 Å². The molecule has 0 radical (unpaired) electrons. The summed E-state index contributed by atoms with van der Waals surface area (Å²) in [7, 11) is 0. The molecule has 0 amide bonds. The van der Waals surface area contributed by atoms with Crippen LogP contribution in [0.15, 0.2) is 42.5 Å². The standard InChI is InChI=1S/C17H22N2O/c20-17(8-11-19-12-9-18-10-13-19)16-7-3-5-14-4-1-2-6-15(14)16/h1-7,17-18,20H,8-13H2. The summed E-state index contributed by atoms with van der Waals surface area (Å²) in [6.07, 6.45) is 0.421. The average Bonchev–Trinajstić information content (AvgIpc) is 2.53. The topological polar surface area (TPSA) is 35.5 Å². The largest absolute Gasteiger partial charge is 0.388 e. The number of aliphatic hydroxyl groups excluding tert-OH is 1. The average molecular weight is 270 g/mol. The van der Waals surface area contributed by atoms with E-state index in [0.29, 0.717) is 0 Å². The summed E-state index contributed by atoms with van der Waals surface area (Å²) in [5.41, 5.74) is 1.05. The van der Waals surface area contributed by atoms with Gasteiger partial charge in [-0.25, -0.2) is 0 Å². The van der Waals surface area contributed by atoms with Crippen molar-refractivity contribution in [2.24, 2.45) is 0 Å². The van der Waals surface area contributed by atoms with Crippen LogP contribution in [0.5, 0.6) is 0 Å². The molecule has 2 aromatic carbocycles. The zero-order valence-electron chi connectivity index (χ0n) is 11.8. The van der Waals surface area contributed by atoms with Gasteiger partial charge >= 0.3 is 0 Å². The number of rotatable bonds is 4. The van der Waals surface area contributed by atoms with Gasteiger partial charge in [-0.3, -0.25) is 0 Å². The van der Waals surface area contributed by atoms with E-state index in [1.54, 1.807) is 0 Å². The van der Waals surface area contributed by atoms with Crippen molar-refractivity contribution in [1.82, 2.24) is 10.2 Å². The first-order valence-electron chi connectivity index (χ1n) is 7.43. The summed E-state index contributed by atoms with van der Waals surface area (Å²) in [6, 6.07) is 14.5. The smallest absolute Gasteiger partial charge is 0.0808 e. The first-order chi connectivity index (χ1) is 9.84. The van der Waals surface area contributed by atoms with E-state index in [2.05, 4.69) is 28.4 Å². The number of hydrogen-bond acceptors (Lipinski definition) is 3. The maximum atomic E-state index is 10.5. The first-order valence-corrected chi connectivity index (χ1v) is 7.43. The molecule has 0 aromatic heterocycles. The van der Waals surface area contributed by atoms with Gasteiger partial charge in [0.05, 0.1) is 6.10 Å². The predicted octanol–water partition coefficient (Wildman–Crippen LogP) is 2.17. The van der Waals surface area contributed by atoms with E-state index in [1.807, 2.05) is 24.3 Å². The Morgan fingerprint density at radius 2 is 1.80 bits per heavy atom. The molecule has 1 aliphatic rings. The molecule has 106 valence electrons. The second-order valence-corrected chi connectivity index (χ2v) is 5.46. The van der Waals surface area contributed by atoms with Crippen molar-refractivity contribution in [2.45, 2.75) is 12.5 Å². The Kier molecular flexibility index (Phi) is 4.31. The van der Waals surface area contributed by atoms with Gasteiger partial charge in [-0.05, 0) is 22.8 Å². The van der Waals surface area contributed by atoms with Crippen LogP contribution in [-0.2, 0) is 0 Å². The van der Waals surface area contributed by atoms with Crippen LogP contribution in [0.2, 0.25) is 0 Å². The van der Waals surface area contributed by atoms with Gasteiger partial charge in [0.15, 0.2) is 0 Å². The van der Waals surface area contributed by atoms with Crippen LogP contribution in [0.1, 0.15) is 18.1 Å². The molecule has 1 unspecified atom stereocenters. The second-order valence-electron chi connectivity index (χ2n) is 5.46. The highest BCUT2D eigenvalue weighted by Crippen LogP contribution is 2.26. The van der Waals surface area contributed by atoms with Crippen LogP contribution in [0.3, 0.4) is 0 Å². The van der Waals surface area contributed by atoms with Crippen LogP contribution in [-0.4, -0.2) is 42.7 Å². The fourth-order valence-electron chi connectivity index (χ4n) is 2.94. The van der Waals surface area contributed by atoms with Crippen molar-refractivity contribution in [2.75, 3.05) is 32.7 Å². The molecule has 1 atom stereocenters. The molecule has 3 heteroatoms. The van der Waals surface area contributed by atoms with Crippen LogP contribution in [0.25, 0.3) is 10.8 Å². The minimum atomic E-state index is -0.379. The number of benzene rings is 2. The van der Waals surface area contributed by atoms with Gasteiger partial charge in [-0.2, -0.15) is 0 Å². The molecule has 20 heavy (non-hydrogen) atoms. The van der Waals surface area contributed by atoms with Crippen molar-refractivity contribution in [3.05, 3.63) is 48.0 Å². The summed E-state index contributed by atoms with van der Waals surface area (Å²) in [5, 5.41) is 16.2. The molecule has 2 N–H and O–H groups in total. The van der Waals surface area contributed by atoms with Crippen LogP contribution in [0, 0.1) is 0 Å². The van der Waals surface area contributed by atoms with Crippen molar-refractivity contribution in [3.8, 4) is 0 Å². The molecule has 0 saturated carbocycles. The quantitative estimate of drug-likeness (QED) is 0.894. The van der Waals surface area contributed by atoms with E-state index in [-0.39, 0.29) is 6.10 Å². The van der Waals surface area contributed by atoms with E-state index in [0.717, 1.165) is 44.7 Å². The van der Waals surface area contributed by atoms with E-state index < -0.39 is 0 Å². The molecule has 0 bridgehead atoms. The van der Waals surface area contributed by atoms with Gasteiger partial charge < -0.3 is 15.3 Å². The molecule has 3 rings (SSSR count). The Bertz CT molecular complexity index is 558.